The molecule has 0 aliphatic carbocycles. The highest BCUT2D eigenvalue weighted by atomic mass is 16.5. The van der Waals surface area contributed by atoms with Gasteiger partial charge in [-0.1, -0.05) is 30.3 Å². The van der Waals surface area contributed by atoms with Crippen molar-refractivity contribution in [1.29, 1.82) is 0 Å². The number of likely N-dealkylation sites (tertiary alicyclic amines) is 1. The Kier molecular flexibility index (Phi) is 6.56. The van der Waals surface area contributed by atoms with Gasteiger partial charge in [-0.3, -0.25) is 4.79 Å². The minimum atomic E-state index is -0.290. The molecular formula is C22H28N4O4. The first-order valence-corrected chi connectivity index (χ1v) is 10.3. The molecule has 1 aromatic heterocycles. The third-order valence-electron chi connectivity index (χ3n) is 5.66. The highest BCUT2D eigenvalue weighted by Crippen LogP contribution is 2.39. The summed E-state index contributed by atoms with van der Waals surface area (Å²) in [5.74, 6) is 0.595. The van der Waals surface area contributed by atoms with Gasteiger partial charge < -0.3 is 24.4 Å². The molecule has 1 unspecified atom stereocenters. The molecule has 4 rings (SSSR count). The van der Waals surface area contributed by atoms with E-state index in [1.807, 2.05) is 29.3 Å². The van der Waals surface area contributed by atoms with Crippen LogP contribution >= 0.6 is 0 Å². The number of aromatic nitrogens is 2. The van der Waals surface area contributed by atoms with Crippen LogP contribution in [0.3, 0.4) is 0 Å². The fraction of sp³-hybridized carbons (Fsp3) is 0.500. The zero-order chi connectivity index (χ0) is 20.8. The molecule has 8 heteroatoms. The van der Waals surface area contributed by atoms with E-state index >= 15 is 0 Å². The van der Waals surface area contributed by atoms with Gasteiger partial charge in [-0.2, -0.15) is 0 Å². The lowest BCUT2D eigenvalue weighted by Gasteiger charge is -2.34. The molecule has 0 radical (unpaired) electrons. The van der Waals surface area contributed by atoms with Crippen molar-refractivity contribution in [3.05, 3.63) is 53.3 Å². The monoisotopic (exact) mass is 412 g/mol. The molecule has 0 bridgehead atoms. The molecule has 30 heavy (non-hydrogen) atoms. The lowest BCUT2D eigenvalue weighted by Crippen LogP contribution is -2.42. The van der Waals surface area contributed by atoms with E-state index in [2.05, 4.69) is 22.4 Å². The summed E-state index contributed by atoms with van der Waals surface area (Å²) in [6, 6.07) is 10.2. The Morgan fingerprint density at radius 1 is 1.30 bits per heavy atom. The molecule has 2 aliphatic rings. The van der Waals surface area contributed by atoms with Crippen LogP contribution < -0.4 is 5.32 Å². The van der Waals surface area contributed by atoms with E-state index < -0.39 is 0 Å². The van der Waals surface area contributed by atoms with Gasteiger partial charge in [0.1, 0.15) is 6.61 Å². The first kappa shape index (κ1) is 20.7. The molecular weight excluding hydrogens is 384 g/mol. The molecule has 1 fully saturated rings. The maximum Gasteiger partial charge on any atom is 0.248 e. The first-order chi connectivity index (χ1) is 14.7. The van der Waals surface area contributed by atoms with E-state index in [-0.39, 0.29) is 17.9 Å². The molecule has 2 aromatic rings. The number of hydrogen-bond acceptors (Lipinski definition) is 7. The SMILES string of the molecule is COCCOCC(=O)N1CCC2(COCc3cnc(NCc4ccccc4)nc32)C1. The van der Waals surface area contributed by atoms with Crippen molar-refractivity contribution in [1.82, 2.24) is 14.9 Å². The van der Waals surface area contributed by atoms with Gasteiger partial charge in [0.15, 0.2) is 0 Å². The third kappa shape index (κ3) is 4.61. The highest BCUT2D eigenvalue weighted by molar-refractivity contribution is 5.78. The second kappa shape index (κ2) is 9.51. The number of nitrogens with one attached hydrogen (secondary N) is 1. The molecule has 1 spiro atoms. The van der Waals surface area contributed by atoms with Crippen molar-refractivity contribution in [3.8, 4) is 0 Å². The number of fused-ring (bicyclic) bond motifs is 2. The van der Waals surface area contributed by atoms with Crippen molar-refractivity contribution in [2.45, 2.75) is 25.0 Å². The molecule has 1 saturated heterocycles. The Hall–Kier alpha value is -2.55. The quantitative estimate of drug-likeness (QED) is 0.661. The minimum absolute atomic E-state index is 0.00779. The summed E-state index contributed by atoms with van der Waals surface area (Å²) in [5.41, 5.74) is 2.87. The van der Waals surface area contributed by atoms with Crippen molar-refractivity contribution in [2.75, 3.05) is 51.9 Å². The molecule has 0 saturated carbocycles. The molecule has 1 aromatic carbocycles. The fourth-order valence-corrected chi connectivity index (χ4v) is 4.05. The first-order valence-electron chi connectivity index (χ1n) is 10.3. The average molecular weight is 412 g/mol. The van der Waals surface area contributed by atoms with Crippen LogP contribution in [0.25, 0.3) is 0 Å². The Morgan fingerprint density at radius 3 is 3.00 bits per heavy atom. The molecule has 2 aliphatic heterocycles. The smallest absolute Gasteiger partial charge is 0.248 e. The molecule has 1 amide bonds. The second-order valence-corrected chi connectivity index (χ2v) is 7.79. The van der Waals surface area contributed by atoms with Crippen LogP contribution in [-0.2, 0) is 37.6 Å². The van der Waals surface area contributed by atoms with Crippen molar-refractivity contribution in [2.24, 2.45) is 0 Å². The number of hydrogen-bond donors (Lipinski definition) is 1. The number of carbonyl (C=O) groups excluding carboxylic acids is 1. The minimum Gasteiger partial charge on any atom is -0.382 e. The third-order valence-corrected chi connectivity index (χ3v) is 5.66. The molecule has 1 atom stereocenters. The Balaban J connectivity index is 1.44. The van der Waals surface area contributed by atoms with Gasteiger partial charge in [0.05, 0.1) is 37.5 Å². The standard InChI is InChI=1S/C22H28N4O4/c1-28-9-10-29-14-19(27)26-8-7-22(15-26)16-30-13-18-12-24-21(25-20(18)22)23-11-17-5-3-2-4-6-17/h2-6,12H,7-11,13-16H2,1H3,(H,23,24,25). The van der Waals surface area contributed by atoms with Crippen molar-refractivity contribution >= 4 is 11.9 Å². The zero-order valence-electron chi connectivity index (χ0n) is 17.3. The topological polar surface area (TPSA) is 85.8 Å². The zero-order valence-corrected chi connectivity index (χ0v) is 17.3. The van der Waals surface area contributed by atoms with E-state index in [1.165, 1.54) is 5.56 Å². The Morgan fingerprint density at radius 2 is 2.17 bits per heavy atom. The predicted molar refractivity (Wildman–Crippen MR) is 111 cm³/mol. The van der Waals surface area contributed by atoms with Crippen LogP contribution in [-0.4, -0.2) is 67.4 Å². The number of carbonyl (C=O) groups is 1. The van der Waals surface area contributed by atoms with Crippen LogP contribution in [0.4, 0.5) is 5.95 Å². The van der Waals surface area contributed by atoms with Crippen molar-refractivity contribution < 1.29 is 19.0 Å². The van der Waals surface area contributed by atoms with Gasteiger partial charge in [-0.05, 0) is 12.0 Å². The van der Waals surface area contributed by atoms with Gasteiger partial charge in [0.25, 0.3) is 0 Å². The molecule has 3 heterocycles. The van der Waals surface area contributed by atoms with Crippen LogP contribution in [0, 0.1) is 0 Å². The van der Waals surface area contributed by atoms with Gasteiger partial charge >= 0.3 is 0 Å². The Bertz CT molecular complexity index is 863. The van der Waals surface area contributed by atoms with E-state index in [0.29, 0.717) is 52.0 Å². The van der Waals surface area contributed by atoms with E-state index in [1.54, 1.807) is 7.11 Å². The largest absolute Gasteiger partial charge is 0.382 e. The Labute approximate surface area is 176 Å². The number of anilines is 1. The summed E-state index contributed by atoms with van der Waals surface area (Å²) < 4.78 is 16.2. The van der Waals surface area contributed by atoms with Crippen molar-refractivity contribution in [3.63, 3.8) is 0 Å². The second-order valence-electron chi connectivity index (χ2n) is 7.79. The summed E-state index contributed by atoms with van der Waals surface area (Å²) in [6.45, 7) is 3.94. The predicted octanol–water partition coefficient (Wildman–Crippen LogP) is 1.75. The normalized spacial score (nSPS) is 20.4. The lowest BCUT2D eigenvalue weighted by atomic mass is 9.80. The lowest BCUT2D eigenvalue weighted by molar-refractivity contribution is -0.135. The van der Waals surface area contributed by atoms with Gasteiger partial charge in [0.2, 0.25) is 11.9 Å². The average Bonchev–Trinajstić information content (AvgIpc) is 3.21. The van der Waals surface area contributed by atoms with Crippen LogP contribution in [0.2, 0.25) is 0 Å². The number of amides is 1. The van der Waals surface area contributed by atoms with Gasteiger partial charge in [-0.15, -0.1) is 0 Å². The van der Waals surface area contributed by atoms with Crippen LogP contribution in [0.5, 0.6) is 0 Å². The maximum atomic E-state index is 12.5. The summed E-state index contributed by atoms with van der Waals surface area (Å²) in [4.78, 5) is 23.7. The van der Waals surface area contributed by atoms with E-state index in [4.69, 9.17) is 19.2 Å². The van der Waals surface area contributed by atoms with Crippen LogP contribution in [0.15, 0.2) is 36.5 Å². The molecule has 160 valence electrons. The molecule has 1 N–H and O–H groups in total. The number of ether oxygens (including phenoxy) is 3. The fourth-order valence-electron chi connectivity index (χ4n) is 4.05. The summed E-state index contributed by atoms with van der Waals surface area (Å²) in [5, 5.41) is 3.32. The maximum absolute atomic E-state index is 12.5. The number of rotatable bonds is 8. The highest BCUT2D eigenvalue weighted by Gasteiger charge is 2.46. The van der Waals surface area contributed by atoms with E-state index in [9.17, 15) is 4.79 Å². The van der Waals surface area contributed by atoms with Crippen LogP contribution in [0.1, 0.15) is 23.2 Å². The number of methoxy groups -OCH3 is 1. The molecule has 8 nitrogen and oxygen atoms in total. The summed E-state index contributed by atoms with van der Waals surface area (Å²) in [7, 11) is 1.61. The number of nitrogens with zero attached hydrogens (tertiary/aromatic N) is 3. The van der Waals surface area contributed by atoms with Gasteiger partial charge in [0, 0.05) is 38.5 Å². The number of benzene rings is 1. The summed E-state index contributed by atoms with van der Waals surface area (Å²) >= 11 is 0. The van der Waals surface area contributed by atoms with Gasteiger partial charge in [-0.25, -0.2) is 9.97 Å². The summed E-state index contributed by atoms with van der Waals surface area (Å²) in [6.07, 6.45) is 2.66. The van der Waals surface area contributed by atoms with E-state index in [0.717, 1.165) is 17.7 Å².